The van der Waals surface area contributed by atoms with Gasteiger partial charge in [-0.1, -0.05) is 11.6 Å². The first-order chi connectivity index (χ1) is 6.59. The van der Waals surface area contributed by atoms with Gasteiger partial charge in [-0.05, 0) is 22.0 Å². The zero-order valence-corrected chi connectivity index (χ0v) is 8.99. The summed E-state index contributed by atoms with van der Waals surface area (Å²) in [5.41, 5.74) is -0.214. The van der Waals surface area contributed by atoms with Crippen molar-refractivity contribution in [2.45, 2.75) is 0 Å². The van der Waals surface area contributed by atoms with Crippen LogP contribution in [0.3, 0.4) is 0 Å². The highest BCUT2D eigenvalue weighted by molar-refractivity contribution is 9.10. The Balaban J connectivity index is 3.02. The second-order valence-corrected chi connectivity index (χ2v) is 3.89. The van der Waals surface area contributed by atoms with Gasteiger partial charge < -0.3 is 4.98 Å². The predicted octanol–water partition coefficient (Wildman–Crippen LogP) is 2.48. The van der Waals surface area contributed by atoms with Crippen LogP contribution in [-0.2, 0) is 0 Å². The number of hydrogen-bond donors (Lipinski definition) is 1. The maximum absolute atomic E-state index is 13.4. The number of hydrogen-bond acceptors (Lipinski definition) is 2. The third-order valence-corrected chi connectivity index (χ3v) is 2.57. The molecule has 0 atom stereocenters. The Morgan fingerprint density at radius 1 is 1.57 bits per heavy atom. The number of fused-ring (bicyclic) bond motifs is 1. The van der Waals surface area contributed by atoms with Crippen LogP contribution < -0.4 is 5.56 Å². The fourth-order valence-electron chi connectivity index (χ4n) is 1.10. The molecule has 0 spiro atoms. The van der Waals surface area contributed by atoms with Crippen LogP contribution in [0.25, 0.3) is 11.0 Å². The molecule has 3 nitrogen and oxygen atoms in total. The lowest BCUT2D eigenvalue weighted by Crippen LogP contribution is -2.06. The topological polar surface area (TPSA) is 45.8 Å². The summed E-state index contributed by atoms with van der Waals surface area (Å²) in [6.07, 6.45) is 1.06. The lowest BCUT2D eigenvalue weighted by Gasteiger charge is -2.01. The summed E-state index contributed by atoms with van der Waals surface area (Å²) in [5.74, 6) is -0.574. The highest BCUT2D eigenvalue weighted by Gasteiger charge is 2.10. The normalized spacial score (nSPS) is 10.8. The van der Waals surface area contributed by atoms with Crippen LogP contribution in [0.1, 0.15) is 0 Å². The summed E-state index contributed by atoms with van der Waals surface area (Å²) in [6.45, 7) is 0. The molecule has 0 saturated carbocycles. The van der Waals surface area contributed by atoms with Crippen molar-refractivity contribution in [3.05, 3.63) is 37.9 Å². The van der Waals surface area contributed by atoms with E-state index in [-0.39, 0.29) is 20.5 Å². The van der Waals surface area contributed by atoms with Crippen LogP contribution in [0.2, 0.25) is 5.02 Å². The van der Waals surface area contributed by atoms with Crippen LogP contribution in [0.4, 0.5) is 4.39 Å². The third kappa shape index (κ3) is 1.42. The molecule has 72 valence electrons. The van der Waals surface area contributed by atoms with Gasteiger partial charge in [0.25, 0.3) is 5.56 Å². The fourth-order valence-corrected chi connectivity index (χ4v) is 1.92. The number of nitrogens with one attached hydrogen (secondary N) is 1. The lowest BCUT2D eigenvalue weighted by molar-refractivity contribution is 0.629. The van der Waals surface area contributed by atoms with Gasteiger partial charge in [0, 0.05) is 0 Å². The summed E-state index contributed by atoms with van der Waals surface area (Å²) >= 11 is 8.79. The van der Waals surface area contributed by atoms with E-state index in [0.29, 0.717) is 0 Å². The first-order valence-electron chi connectivity index (χ1n) is 3.62. The molecule has 0 aliphatic heterocycles. The Labute approximate surface area is 91.1 Å². The smallest absolute Gasteiger partial charge is 0.266 e. The van der Waals surface area contributed by atoms with Crippen LogP contribution in [0, 0.1) is 5.82 Å². The van der Waals surface area contributed by atoms with Crippen LogP contribution in [-0.4, -0.2) is 9.97 Å². The molecule has 1 heterocycles. The first-order valence-corrected chi connectivity index (χ1v) is 4.79. The van der Waals surface area contributed by atoms with Gasteiger partial charge in [-0.25, -0.2) is 9.37 Å². The Kier molecular flexibility index (Phi) is 2.28. The molecule has 2 rings (SSSR count). The molecule has 0 amide bonds. The molecule has 0 radical (unpaired) electrons. The summed E-state index contributed by atoms with van der Waals surface area (Å²) in [5, 5.41) is 0.282. The van der Waals surface area contributed by atoms with Crippen molar-refractivity contribution in [2.24, 2.45) is 0 Å². The molecule has 14 heavy (non-hydrogen) atoms. The van der Waals surface area contributed by atoms with E-state index in [2.05, 4.69) is 25.9 Å². The fraction of sp³-hybridized carbons (Fsp3) is 0. The van der Waals surface area contributed by atoms with Crippen LogP contribution >= 0.6 is 27.5 Å². The van der Waals surface area contributed by atoms with Gasteiger partial charge in [0.1, 0.15) is 11.0 Å². The van der Waals surface area contributed by atoms with Gasteiger partial charge in [-0.2, -0.15) is 0 Å². The van der Waals surface area contributed by atoms with Crippen molar-refractivity contribution in [1.29, 1.82) is 0 Å². The minimum atomic E-state index is -0.574. The van der Waals surface area contributed by atoms with E-state index >= 15 is 0 Å². The third-order valence-electron chi connectivity index (χ3n) is 1.70. The molecule has 6 heteroatoms. The zero-order chi connectivity index (χ0) is 10.3. The molecule has 0 aliphatic rings. The number of rotatable bonds is 0. The van der Waals surface area contributed by atoms with Crippen molar-refractivity contribution in [3.63, 3.8) is 0 Å². The average Bonchev–Trinajstić information content (AvgIpc) is 2.14. The number of nitrogens with zero attached hydrogens (tertiary/aromatic N) is 1. The van der Waals surface area contributed by atoms with Crippen LogP contribution in [0.15, 0.2) is 21.5 Å². The minimum absolute atomic E-state index is 0.0110. The van der Waals surface area contributed by atoms with E-state index in [1.807, 2.05) is 0 Å². The molecule has 0 aliphatic carbocycles. The van der Waals surface area contributed by atoms with Gasteiger partial charge in [0.15, 0.2) is 5.82 Å². The second kappa shape index (κ2) is 3.33. The molecule has 0 fully saturated rings. The van der Waals surface area contributed by atoms with Gasteiger partial charge in [-0.3, -0.25) is 4.79 Å². The number of H-pyrrole nitrogens is 1. The predicted molar refractivity (Wildman–Crippen MR) is 55.0 cm³/mol. The second-order valence-electron chi connectivity index (χ2n) is 2.63. The van der Waals surface area contributed by atoms with E-state index in [9.17, 15) is 9.18 Å². The highest BCUT2D eigenvalue weighted by atomic mass is 79.9. The molecule has 2 aromatic rings. The van der Waals surface area contributed by atoms with Gasteiger partial charge >= 0.3 is 0 Å². The first kappa shape index (κ1) is 9.61. The van der Waals surface area contributed by atoms with Gasteiger partial charge in [0.2, 0.25) is 0 Å². The molecular formula is C8H3BrClFN2O. The Morgan fingerprint density at radius 3 is 3.00 bits per heavy atom. The molecule has 0 unspecified atom stereocenters. The zero-order valence-electron chi connectivity index (χ0n) is 6.64. The number of benzene rings is 1. The van der Waals surface area contributed by atoms with E-state index in [0.717, 1.165) is 6.20 Å². The molecule has 1 aromatic carbocycles. The van der Waals surface area contributed by atoms with E-state index in [1.54, 1.807) is 0 Å². The Bertz CT molecular complexity index is 569. The lowest BCUT2D eigenvalue weighted by atomic mass is 10.3. The summed E-state index contributed by atoms with van der Waals surface area (Å²) < 4.78 is 13.6. The largest absolute Gasteiger partial charge is 0.317 e. The minimum Gasteiger partial charge on any atom is -0.317 e. The monoisotopic (exact) mass is 276 g/mol. The standard InChI is InChI=1S/C8H3BrClFN2O/c9-3-1-4(10)7-8(6(3)11)13-5(14)2-12-7/h1-2H,(H,13,14). The summed E-state index contributed by atoms with van der Waals surface area (Å²) in [6, 6.07) is 1.39. The van der Waals surface area contributed by atoms with Gasteiger partial charge in [-0.15, -0.1) is 0 Å². The molecule has 0 saturated heterocycles. The number of halogens is 3. The molecule has 1 N–H and O–H groups in total. The van der Waals surface area contributed by atoms with Crippen molar-refractivity contribution in [1.82, 2.24) is 9.97 Å². The molecule has 0 bridgehead atoms. The maximum atomic E-state index is 13.4. The van der Waals surface area contributed by atoms with Crippen molar-refractivity contribution in [2.75, 3.05) is 0 Å². The van der Waals surface area contributed by atoms with Crippen molar-refractivity contribution >= 4 is 38.6 Å². The van der Waals surface area contributed by atoms with Crippen LogP contribution in [0.5, 0.6) is 0 Å². The van der Waals surface area contributed by atoms with Gasteiger partial charge in [0.05, 0.1) is 15.7 Å². The van der Waals surface area contributed by atoms with Crippen molar-refractivity contribution < 1.29 is 4.39 Å². The number of aromatic amines is 1. The van der Waals surface area contributed by atoms with E-state index in [4.69, 9.17) is 11.6 Å². The molecule has 1 aromatic heterocycles. The Hall–Kier alpha value is -0.940. The van der Waals surface area contributed by atoms with Crippen molar-refractivity contribution in [3.8, 4) is 0 Å². The Morgan fingerprint density at radius 2 is 2.29 bits per heavy atom. The maximum Gasteiger partial charge on any atom is 0.266 e. The average molecular weight is 277 g/mol. The highest BCUT2D eigenvalue weighted by Crippen LogP contribution is 2.27. The molecular weight excluding hydrogens is 274 g/mol. The number of aromatic nitrogens is 2. The quantitative estimate of drug-likeness (QED) is 0.752. The van der Waals surface area contributed by atoms with E-state index in [1.165, 1.54) is 6.07 Å². The summed E-state index contributed by atoms with van der Waals surface area (Å²) in [4.78, 5) is 17.0. The van der Waals surface area contributed by atoms with E-state index < -0.39 is 11.4 Å². The summed E-state index contributed by atoms with van der Waals surface area (Å²) in [7, 11) is 0. The SMILES string of the molecule is O=c1cnc2c(Cl)cc(Br)c(F)c2[nH]1.